The van der Waals surface area contributed by atoms with E-state index >= 15 is 0 Å². The van der Waals surface area contributed by atoms with E-state index in [0.717, 1.165) is 34.0 Å². The molecule has 0 unspecified atom stereocenters. The summed E-state index contributed by atoms with van der Waals surface area (Å²) < 4.78 is 39.9. The van der Waals surface area contributed by atoms with Crippen LogP contribution in [-0.4, -0.2) is 15.5 Å². The summed E-state index contributed by atoms with van der Waals surface area (Å²) in [7, 11) is 0. The zero-order chi connectivity index (χ0) is 20.3. The summed E-state index contributed by atoms with van der Waals surface area (Å²) in [6.07, 6.45) is -2.43. The number of hydrogen-bond donors (Lipinski definition) is 1. The highest BCUT2D eigenvalue weighted by atomic mass is 32.1. The lowest BCUT2D eigenvalue weighted by Gasteiger charge is -2.07. The summed E-state index contributed by atoms with van der Waals surface area (Å²) >= 11 is 2.30. The minimum absolute atomic E-state index is 0.108. The summed E-state index contributed by atoms with van der Waals surface area (Å²) in [6.45, 7) is 2.08. The van der Waals surface area contributed by atoms with Gasteiger partial charge in [0.05, 0.1) is 5.56 Å². The molecule has 5 nitrogen and oxygen atoms in total. The summed E-state index contributed by atoms with van der Waals surface area (Å²) in [4.78, 5) is 28.4. The first-order valence-electron chi connectivity index (χ1n) is 8.28. The van der Waals surface area contributed by atoms with Gasteiger partial charge in [0.1, 0.15) is 0 Å². The molecular formula is C18H16F3N3O2S2. The van der Waals surface area contributed by atoms with E-state index < -0.39 is 11.7 Å². The summed E-state index contributed by atoms with van der Waals surface area (Å²) in [5, 5.41) is 4.78. The van der Waals surface area contributed by atoms with Crippen molar-refractivity contribution in [3.05, 3.63) is 67.2 Å². The van der Waals surface area contributed by atoms with Crippen molar-refractivity contribution in [2.75, 3.05) is 5.32 Å². The van der Waals surface area contributed by atoms with Crippen LogP contribution in [0.1, 0.15) is 28.1 Å². The van der Waals surface area contributed by atoms with Crippen LogP contribution in [0.15, 0.2) is 40.6 Å². The van der Waals surface area contributed by atoms with Gasteiger partial charge in [0.25, 0.3) is 0 Å². The molecule has 1 N–H and O–H groups in total. The molecule has 10 heteroatoms. The lowest BCUT2D eigenvalue weighted by atomic mass is 10.1. The molecule has 0 aliphatic rings. The number of anilines is 1. The average molecular weight is 427 g/mol. The molecule has 2 aromatic heterocycles. The summed E-state index contributed by atoms with van der Waals surface area (Å²) in [6, 6.07) is 5.13. The number of amides is 1. The van der Waals surface area contributed by atoms with Crippen molar-refractivity contribution in [2.45, 2.75) is 32.5 Å². The van der Waals surface area contributed by atoms with Crippen molar-refractivity contribution in [1.82, 2.24) is 9.55 Å². The first kappa shape index (κ1) is 20.3. The number of aromatic nitrogens is 2. The first-order valence-corrected chi connectivity index (χ1v) is 9.97. The zero-order valence-electron chi connectivity index (χ0n) is 14.7. The van der Waals surface area contributed by atoms with E-state index in [0.29, 0.717) is 17.1 Å². The van der Waals surface area contributed by atoms with Crippen molar-refractivity contribution in [2.24, 2.45) is 0 Å². The van der Waals surface area contributed by atoms with Crippen LogP contribution in [0.2, 0.25) is 0 Å². The number of benzene rings is 1. The van der Waals surface area contributed by atoms with Crippen LogP contribution in [0.3, 0.4) is 0 Å². The molecule has 0 bridgehead atoms. The maximum atomic E-state index is 12.8. The molecule has 28 heavy (non-hydrogen) atoms. The fraction of sp³-hybridized carbons (Fsp3) is 0.278. The van der Waals surface area contributed by atoms with Crippen LogP contribution in [-0.2, 0) is 23.9 Å². The van der Waals surface area contributed by atoms with E-state index in [1.165, 1.54) is 28.2 Å². The second kappa shape index (κ2) is 8.27. The molecule has 0 saturated heterocycles. The van der Waals surface area contributed by atoms with Gasteiger partial charge in [0, 0.05) is 41.5 Å². The number of aryl methyl sites for hydroxylation is 1. The number of carbonyl (C=O) groups excluding carboxylic acids is 1. The molecule has 0 spiro atoms. The fourth-order valence-corrected chi connectivity index (χ4v) is 4.20. The maximum absolute atomic E-state index is 12.8. The highest BCUT2D eigenvalue weighted by Gasteiger charge is 2.30. The van der Waals surface area contributed by atoms with Gasteiger partial charge in [-0.25, -0.2) is 4.98 Å². The van der Waals surface area contributed by atoms with Crippen molar-refractivity contribution in [3.8, 4) is 0 Å². The van der Waals surface area contributed by atoms with E-state index in [4.69, 9.17) is 0 Å². The Labute approximate surface area is 166 Å². The number of nitrogens with zero attached hydrogens (tertiary/aromatic N) is 2. The number of halogens is 3. The van der Waals surface area contributed by atoms with E-state index in [-0.39, 0.29) is 23.7 Å². The van der Waals surface area contributed by atoms with Gasteiger partial charge in [-0.3, -0.25) is 9.59 Å². The van der Waals surface area contributed by atoms with Gasteiger partial charge in [-0.05, 0) is 18.6 Å². The standard InChI is InChI=1S/C18H16F3N3O2S2/c1-11-10-27-17(26)24(11)6-5-15(25)23-16-22-9-14(28-16)8-12-3-2-4-13(7-12)18(19,20)21/h2-4,7,9-10H,5-6,8H2,1H3,(H,22,23,25). The monoisotopic (exact) mass is 427 g/mol. The second-order valence-electron chi connectivity index (χ2n) is 6.10. The maximum Gasteiger partial charge on any atom is 0.416 e. The van der Waals surface area contributed by atoms with E-state index in [1.807, 2.05) is 0 Å². The minimum atomic E-state index is -4.38. The first-order chi connectivity index (χ1) is 13.2. The Morgan fingerprint density at radius 2 is 2.11 bits per heavy atom. The third-order valence-electron chi connectivity index (χ3n) is 3.97. The number of nitrogens with one attached hydrogen (secondary N) is 1. The van der Waals surface area contributed by atoms with Gasteiger partial charge in [-0.1, -0.05) is 29.5 Å². The normalized spacial score (nSPS) is 11.6. The molecular weight excluding hydrogens is 411 g/mol. The largest absolute Gasteiger partial charge is 0.416 e. The highest BCUT2D eigenvalue weighted by molar-refractivity contribution is 7.15. The van der Waals surface area contributed by atoms with Crippen molar-refractivity contribution >= 4 is 33.7 Å². The molecule has 148 valence electrons. The Morgan fingerprint density at radius 1 is 1.32 bits per heavy atom. The SMILES string of the molecule is Cc1csc(=O)n1CCC(=O)Nc1ncc(Cc2cccc(C(F)(F)F)c2)s1. The molecule has 0 radical (unpaired) electrons. The van der Waals surface area contributed by atoms with Crippen LogP contribution in [0.4, 0.5) is 18.3 Å². The predicted octanol–water partition coefficient (Wildman–Crippen LogP) is 4.31. The third kappa shape index (κ3) is 5.08. The molecule has 2 heterocycles. The van der Waals surface area contributed by atoms with Crippen LogP contribution in [0.25, 0.3) is 0 Å². The molecule has 3 aromatic rings. The Bertz CT molecular complexity index is 1040. The Hall–Kier alpha value is -2.46. The van der Waals surface area contributed by atoms with Gasteiger partial charge in [0.2, 0.25) is 5.91 Å². The molecule has 3 rings (SSSR count). The molecule has 0 atom stereocenters. The number of carbonyl (C=O) groups is 1. The van der Waals surface area contributed by atoms with Crippen LogP contribution in [0.5, 0.6) is 0 Å². The van der Waals surface area contributed by atoms with E-state index in [1.54, 1.807) is 18.4 Å². The molecule has 1 aromatic carbocycles. The molecule has 0 aliphatic carbocycles. The van der Waals surface area contributed by atoms with Crippen molar-refractivity contribution in [3.63, 3.8) is 0 Å². The zero-order valence-corrected chi connectivity index (χ0v) is 16.4. The lowest BCUT2D eigenvalue weighted by molar-refractivity contribution is -0.137. The van der Waals surface area contributed by atoms with Gasteiger partial charge >= 0.3 is 11.0 Å². The quantitative estimate of drug-likeness (QED) is 0.638. The minimum Gasteiger partial charge on any atom is -0.303 e. The highest BCUT2D eigenvalue weighted by Crippen LogP contribution is 2.30. The van der Waals surface area contributed by atoms with Crippen molar-refractivity contribution < 1.29 is 18.0 Å². The van der Waals surface area contributed by atoms with E-state index in [9.17, 15) is 22.8 Å². The average Bonchev–Trinajstić information content (AvgIpc) is 3.19. The number of thiazole rings is 2. The number of hydrogen-bond acceptors (Lipinski definition) is 5. The third-order valence-corrected chi connectivity index (χ3v) is 5.77. The Morgan fingerprint density at radius 3 is 2.79 bits per heavy atom. The second-order valence-corrected chi connectivity index (χ2v) is 8.04. The Kier molecular flexibility index (Phi) is 5.99. The molecule has 1 amide bonds. The predicted molar refractivity (Wildman–Crippen MR) is 103 cm³/mol. The van der Waals surface area contributed by atoms with Crippen LogP contribution >= 0.6 is 22.7 Å². The lowest BCUT2D eigenvalue weighted by Crippen LogP contribution is -2.20. The number of alkyl halides is 3. The van der Waals surface area contributed by atoms with Gasteiger partial charge in [-0.2, -0.15) is 13.2 Å². The van der Waals surface area contributed by atoms with Crippen LogP contribution in [0, 0.1) is 6.92 Å². The molecule has 0 aliphatic heterocycles. The number of rotatable bonds is 6. The van der Waals surface area contributed by atoms with Crippen molar-refractivity contribution in [1.29, 1.82) is 0 Å². The Balaban J connectivity index is 1.58. The smallest absolute Gasteiger partial charge is 0.303 e. The summed E-state index contributed by atoms with van der Waals surface area (Å²) in [5.74, 6) is -0.280. The van der Waals surface area contributed by atoms with Gasteiger partial charge < -0.3 is 9.88 Å². The topological polar surface area (TPSA) is 64.0 Å². The molecule has 0 saturated carbocycles. The van der Waals surface area contributed by atoms with Gasteiger partial charge in [0.15, 0.2) is 5.13 Å². The molecule has 0 fully saturated rings. The van der Waals surface area contributed by atoms with E-state index in [2.05, 4.69) is 10.3 Å². The summed E-state index contributed by atoms with van der Waals surface area (Å²) in [5.41, 5.74) is 0.631. The van der Waals surface area contributed by atoms with Gasteiger partial charge in [-0.15, -0.1) is 11.3 Å². The fourth-order valence-electron chi connectivity index (χ4n) is 2.58. The van der Waals surface area contributed by atoms with Crippen LogP contribution < -0.4 is 10.2 Å².